The van der Waals surface area contributed by atoms with Crippen molar-refractivity contribution in [3.63, 3.8) is 0 Å². The summed E-state index contributed by atoms with van der Waals surface area (Å²) >= 11 is 3.64. The Hall–Kier alpha value is -0.610. The summed E-state index contributed by atoms with van der Waals surface area (Å²) in [6.07, 6.45) is 4.26. The summed E-state index contributed by atoms with van der Waals surface area (Å²) in [6.45, 7) is 6.16. The van der Waals surface area contributed by atoms with Gasteiger partial charge in [0.15, 0.2) is 0 Å². The Morgan fingerprint density at radius 2 is 2.35 bits per heavy atom. The molecule has 1 aliphatic heterocycles. The minimum absolute atomic E-state index is 0.421. The van der Waals surface area contributed by atoms with Crippen molar-refractivity contribution in [3.05, 3.63) is 22.3 Å². The van der Waals surface area contributed by atoms with Crippen molar-refractivity contribution in [2.45, 2.75) is 32.7 Å². The van der Waals surface area contributed by atoms with Crippen LogP contribution in [0.2, 0.25) is 0 Å². The first-order valence-electron chi connectivity index (χ1n) is 6.21. The van der Waals surface area contributed by atoms with Gasteiger partial charge in [-0.2, -0.15) is 0 Å². The number of nitrogens with two attached hydrogens (primary N) is 1. The Bertz CT molecular complexity index is 394. The zero-order valence-corrected chi connectivity index (χ0v) is 12.1. The van der Waals surface area contributed by atoms with Crippen LogP contribution in [0.3, 0.4) is 0 Å². The number of anilines is 1. The lowest BCUT2D eigenvalue weighted by Gasteiger charge is -2.39. The highest BCUT2D eigenvalue weighted by Crippen LogP contribution is 2.32. The lowest BCUT2D eigenvalue weighted by molar-refractivity contribution is 0.364. The number of aromatic nitrogens is 1. The number of halogens is 1. The number of aryl methyl sites for hydroxylation is 1. The predicted molar refractivity (Wildman–Crippen MR) is 75.3 cm³/mol. The zero-order valence-electron chi connectivity index (χ0n) is 10.5. The molecule has 1 aliphatic rings. The van der Waals surface area contributed by atoms with Crippen molar-refractivity contribution < 1.29 is 0 Å². The molecule has 1 fully saturated rings. The summed E-state index contributed by atoms with van der Waals surface area (Å²) < 4.78 is 1.10. The minimum atomic E-state index is 0.421. The standard InChI is InChI=1S/C13H20BrN3/c1-9-4-6-17(11(7-9)8-15)13-12(14)10(2)3-5-16-13/h3,5,9,11H,4,6-8,15H2,1-2H3. The van der Waals surface area contributed by atoms with E-state index in [1.54, 1.807) is 0 Å². The molecule has 4 heteroatoms. The van der Waals surface area contributed by atoms with E-state index in [1.807, 2.05) is 12.3 Å². The fraction of sp³-hybridized carbons (Fsp3) is 0.615. The molecule has 0 amide bonds. The summed E-state index contributed by atoms with van der Waals surface area (Å²) in [5.74, 6) is 1.82. The van der Waals surface area contributed by atoms with Gasteiger partial charge < -0.3 is 10.6 Å². The molecule has 17 heavy (non-hydrogen) atoms. The SMILES string of the molecule is Cc1ccnc(N2CCC(C)CC2CN)c1Br. The number of pyridine rings is 1. The molecule has 0 radical (unpaired) electrons. The van der Waals surface area contributed by atoms with E-state index in [9.17, 15) is 0 Å². The number of hydrogen-bond donors (Lipinski definition) is 1. The van der Waals surface area contributed by atoms with E-state index in [1.165, 1.54) is 18.4 Å². The summed E-state index contributed by atoms with van der Waals surface area (Å²) in [7, 11) is 0. The van der Waals surface area contributed by atoms with Gasteiger partial charge in [-0.3, -0.25) is 0 Å². The summed E-state index contributed by atoms with van der Waals surface area (Å²) in [6, 6.07) is 2.45. The number of piperidine rings is 1. The fourth-order valence-corrected chi connectivity index (χ4v) is 2.94. The molecule has 94 valence electrons. The summed E-state index contributed by atoms with van der Waals surface area (Å²) in [4.78, 5) is 6.87. The van der Waals surface area contributed by atoms with E-state index in [4.69, 9.17) is 5.73 Å². The molecule has 1 saturated heterocycles. The van der Waals surface area contributed by atoms with Crippen LogP contribution in [-0.2, 0) is 0 Å². The fourth-order valence-electron chi connectivity index (χ4n) is 2.48. The maximum absolute atomic E-state index is 5.90. The van der Waals surface area contributed by atoms with E-state index in [0.717, 1.165) is 22.8 Å². The maximum atomic E-state index is 5.90. The van der Waals surface area contributed by atoms with Crippen LogP contribution in [-0.4, -0.2) is 24.1 Å². The van der Waals surface area contributed by atoms with Crippen LogP contribution in [0.1, 0.15) is 25.3 Å². The van der Waals surface area contributed by atoms with Gasteiger partial charge in [-0.05, 0) is 53.2 Å². The van der Waals surface area contributed by atoms with Gasteiger partial charge in [0.05, 0.1) is 4.47 Å². The van der Waals surface area contributed by atoms with E-state index < -0.39 is 0 Å². The molecule has 2 heterocycles. The van der Waals surface area contributed by atoms with E-state index >= 15 is 0 Å². The Morgan fingerprint density at radius 1 is 1.59 bits per heavy atom. The summed E-state index contributed by atoms with van der Waals surface area (Å²) in [5.41, 5.74) is 7.12. The zero-order chi connectivity index (χ0) is 12.4. The molecule has 2 unspecified atom stereocenters. The summed E-state index contributed by atoms with van der Waals surface area (Å²) in [5, 5.41) is 0. The molecule has 0 aliphatic carbocycles. The van der Waals surface area contributed by atoms with Crippen molar-refractivity contribution in [2.24, 2.45) is 11.7 Å². The van der Waals surface area contributed by atoms with Crippen LogP contribution >= 0.6 is 15.9 Å². The lowest BCUT2D eigenvalue weighted by atomic mass is 9.92. The van der Waals surface area contributed by atoms with Crippen molar-refractivity contribution in [1.82, 2.24) is 4.98 Å². The van der Waals surface area contributed by atoms with Crippen LogP contribution < -0.4 is 10.6 Å². The highest BCUT2D eigenvalue weighted by molar-refractivity contribution is 9.10. The second-order valence-corrected chi connectivity index (χ2v) is 5.77. The van der Waals surface area contributed by atoms with Gasteiger partial charge in [0.2, 0.25) is 0 Å². The molecular weight excluding hydrogens is 278 g/mol. The Morgan fingerprint density at radius 3 is 3.06 bits per heavy atom. The maximum Gasteiger partial charge on any atom is 0.143 e. The van der Waals surface area contributed by atoms with E-state index in [0.29, 0.717) is 12.6 Å². The molecule has 1 aromatic rings. The molecule has 2 rings (SSSR count). The normalized spacial score (nSPS) is 25.1. The molecule has 2 N–H and O–H groups in total. The average molecular weight is 298 g/mol. The third-order valence-electron chi connectivity index (χ3n) is 3.59. The van der Waals surface area contributed by atoms with Gasteiger partial charge in [-0.25, -0.2) is 4.98 Å². The predicted octanol–water partition coefficient (Wildman–Crippen LogP) is 2.72. The molecule has 0 saturated carbocycles. The first-order valence-corrected chi connectivity index (χ1v) is 7.00. The van der Waals surface area contributed by atoms with Crippen molar-refractivity contribution in [2.75, 3.05) is 18.0 Å². The van der Waals surface area contributed by atoms with Crippen LogP contribution in [0.5, 0.6) is 0 Å². The number of rotatable bonds is 2. The largest absolute Gasteiger partial charge is 0.351 e. The van der Waals surface area contributed by atoms with Crippen LogP contribution in [0.15, 0.2) is 16.7 Å². The van der Waals surface area contributed by atoms with E-state index in [2.05, 4.69) is 39.7 Å². The van der Waals surface area contributed by atoms with Gasteiger partial charge in [-0.1, -0.05) is 6.92 Å². The average Bonchev–Trinajstić information content (AvgIpc) is 2.33. The van der Waals surface area contributed by atoms with Gasteiger partial charge in [0.1, 0.15) is 5.82 Å². The molecule has 0 aromatic carbocycles. The Kier molecular flexibility index (Phi) is 4.05. The topological polar surface area (TPSA) is 42.2 Å². The first kappa shape index (κ1) is 12.8. The lowest BCUT2D eigenvalue weighted by Crippen LogP contribution is -2.47. The second-order valence-electron chi connectivity index (χ2n) is 4.98. The second kappa shape index (κ2) is 5.36. The monoisotopic (exact) mass is 297 g/mol. The third kappa shape index (κ3) is 2.63. The van der Waals surface area contributed by atoms with Crippen LogP contribution in [0.25, 0.3) is 0 Å². The Labute approximate surface area is 112 Å². The first-order chi connectivity index (χ1) is 8.13. The molecule has 3 nitrogen and oxygen atoms in total. The molecule has 0 bridgehead atoms. The molecule has 2 atom stereocenters. The Balaban J connectivity index is 2.28. The number of nitrogens with zero attached hydrogens (tertiary/aromatic N) is 2. The van der Waals surface area contributed by atoms with Crippen molar-refractivity contribution in [3.8, 4) is 0 Å². The van der Waals surface area contributed by atoms with E-state index in [-0.39, 0.29) is 0 Å². The van der Waals surface area contributed by atoms with Gasteiger partial charge >= 0.3 is 0 Å². The quantitative estimate of drug-likeness (QED) is 0.913. The van der Waals surface area contributed by atoms with Gasteiger partial charge in [0, 0.05) is 25.3 Å². The van der Waals surface area contributed by atoms with Crippen molar-refractivity contribution in [1.29, 1.82) is 0 Å². The highest BCUT2D eigenvalue weighted by atomic mass is 79.9. The van der Waals surface area contributed by atoms with Crippen LogP contribution in [0, 0.1) is 12.8 Å². The number of hydrogen-bond acceptors (Lipinski definition) is 3. The van der Waals surface area contributed by atoms with Gasteiger partial charge in [-0.15, -0.1) is 0 Å². The minimum Gasteiger partial charge on any atom is -0.351 e. The van der Waals surface area contributed by atoms with Gasteiger partial charge in [0.25, 0.3) is 0 Å². The third-order valence-corrected chi connectivity index (χ3v) is 4.57. The molecule has 1 aromatic heterocycles. The van der Waals surface area contributed by atoms with Crippen LogP contribution in [0.4, 0.5) is 5.82 Å². The van der Waals surface area contributed by atoms with Crippen molar-refractivity contribution >= 4 is 21.7 Å². The smallest absolute Gasteiger partial charge is 0.143 e. The molecule has 0 spiro atoms. The molecular formula is C13H20BrN3. The highest BCUT2D eigenvalue weighted by Gasteiger charge is 2.27.